The number of carbonyl (C=O) groups is 1. The summed E-state index contributed by atoms with van der Waals surface area (Å²) in [5, 5.41) is 6.87. The molecule has 1 aliphatic rings. The lowest BCUT2D eigenvalue weighted by Gasteiger charge is -2.20. The van der Waals surface area contributed by atoms with Crippen LogP contribution >= 0.6 is 11.8 Å². The molecule has 3 nitrogen and oxygen atoms in total. The highest BCUT2D eigenvalue weighted by Crippen LogP contribution is 2.24. The van der Waals surface area contributed by atoms with Gasteiger partial charge in [-0.1, -0.05) is 0 Å². The molecular weight excluding hydrogens is 208 g/mol. The molecule has 1 amide bonds. The highest BCUT2D eigenvalue weighted by molar-refractivity contribution is 8.00. The molecule has 0 radical (unpaired) electrons. The Morgan fingerprint density at radius 1 is 1.47 bits per heavy atom. The number of thioether (sulfide) groups is 1. The summed E-state index contributed by atoms with van der Waals surface area (Å²) in [5.74, 6) is 1.37. The maximum Gasteiger partial charge on any atom is 0.234 e. The Balaban J connectivity index is 2.06. The van der Waals surface area contributed by atoms with Gasteiger partial charge in [-0.15, -0.1) is 0 Å². The van der Waals surface area contributed by atoms with Gasteiger partial charge in [0.25, 0.3) is 0 Å². The van der Waals surface area contributed by atoms with Gasteiger partial charge in [0.1, 0.15) is 0 Å². The summed E-state index contributed by atoms with van der Waals surface area (Å²) in [4.78, 5) is 11.5. The Morgan fingerprint density at radius 2 is 2.20 bits per heavy atom. The van der Waals surface area contributed by atoms with E-state index in [1.807, 2.05) is 32.5 Å². The number of nitrogens with one attached hydrogen (secondary N) is 2. The van der Waals surface area contributed by atoms with E-state index in [4.69, 9.17) is 0 Å². The molecule has 0 saturated carbocycles. The van der Waals surface area contributed by atoms with Gasteiger partial charge in [-0.25, -0.2) is 0 Å². The van der Waals surface area contributed by atoms with Gasteiger partial charge in [-0.2, -0.15) is 11.8 Å². The first-order valence-corrected chi connectivity index (χ1v) is 6.65. The molecule has 0 aromatic rings. The summed E-state index contributed by atoms with van der Waals surface area (Å²) < 4.78 is 0. The van der Waals surface area contributed by atoms with Crippen molar-refractivity contribution in [3.05, 3.63) is 0 Å². The van der Waals surface area contributed by atoms with Crippen LogP contribution in [0.3, 0.4) is 0 Å². The SMILES string of the molecule is CC(C)(C)NC(=O)CNCC1CCCS1. The first-order valence-electron chi connectivity index (χ1n) is 5.61. The molecule has 1 fully saturated rings. The lowest BCUT2D eigenvalue weighted by Crippen LogP contribution is -2.45. The fourth-order valence-corrected chi connectivity index (χ4v) is 2.85. The van der Waals surface area contributed by atoms with Crippen LogP contribution in [-0.4, -0.2) is 35.5 Å². The topological polar surface area (TPSA) is 41.1 Å². The zero-order chi connectivity index (χ0) is 11.3. The molecule has 0 spiro atoms. The van der Waals surface area contributed by atoms with Gasteiger partial charge in [-0.05, 0) is 39.4 Å². The van der Waals surface area contributed by atoms with Crippen LogP contribution in [0.25, 0.3) is 0 Å². The third kappa shape index (κ3) is 6.05. The second-order valence-corrected chi connectivity index (χ2v) is 6.47. The summed E-state index contributed by atoms with van der Waals surface area (Å²) in [7, 11) is 0. The van der Waals surface area contributed by atoms with Crippen molar-refractivity contribution in [2.24, 2.45) is 0 Å². The molecule has 1 rings (SSSR count). The lowest BCUT2D eigenvalue weighted by molar-refractivity contribution is -0.121. The minimum absolute atomic E-state index is 0.0884. The highest BCUT2D eigenvalue weighted by Gasteiger charge is 2.16. The monoisotopic (exact) mass is 230 g/mol. The highest BCUT2D eigenvalue weighted by atomic mass is 32.2. The van der Waals surface area contributed by atoms with Crippen LogP contribution in [0.1, 0.15) is 33.6 Å². The zero-order valence-electron chi connectivity index (χ0n) is 9.93. The van der Waals surface area contributed by atoms with Crippen LogP contribution in [-0.2, 0) is 4.79 Å². The lowest BCUT2D eigenvalue weighted by atomic mass is 10.1. The minimum Gasteiger partial charge on any atom is -0.350 e. The summed E-state index contributed by atoms with van der Waals surface area (Å²) in [6, 6.07) is 0. The summed E-state index contributed by atoms with van der Waals surface area (Å²) >= 11 is 2.01. The van der Waals surface area contributed by atoms with Gasteiger partial charge in [0.05, 0.1) is 6.54 Å². The van der Waals surface area contributed by atoms with E-state index < -0.39 is 0 Å². The molecule has 88 valence electrons. The maximum atomic E-state index is 11.5. The Labute approximate surface area is 96.8 Å². The quantitative estimate of drug-likeness (QED) is 0.767. The maximum absolute atomic E-state index is 11.5. The Morgan fingerprint density at radius 3 is 2.73 bits per heavy atom. The van der Waals surface area contributed by atoms with Crippen LogP contribution in [0.4, 0.5) is 0 Å². The Bertz CT molecular complexity index is 207. The Hall–Kier alpha value is -0.220. The van der Waals surface area contributed by atoms with Crippen molar-refractivity contribution in [2.75, 3.05) is 18.8 Å². The van der Waals surface area contributed by atoms with E-state index in [-0.39, 0.29) is 11.4 Å². The van der Waals surface area contributed by atoms with Gasteiger partial charge in [-0.3, -0.25) is 4.79 Å². The van der Waals surface area contributed by atoms with E-state index in [2.05, 4.69) is 10.6 Å². The van der Waals surface area contributed by atoms with E-state index >= 15 is 0 Å². The fraction of sp³-hybridized carbons (Fsp3) is 0.909. The molecule has 1 saturated heterocycles. The van der Waals surface area contributed by atoms with Crippen LogP contribution in [0.5, 0.6) is 0 Å². The first kappa shape index (κ1) is 12.8. The second-order valence-electron chi connectivity index (χ2n) is 5.06. The number of amides is 1. The van der Waals surface area contributed by atoms with Crippen molar-refractivity contribution in [2.45, 2.75) is 44.4 Å². The van der Waals surface area contributed by atoms with Crippen molar-refractivity contribution in [3.8, 4) is 0 Å². The van der Waals surface area contributed by atoms with Crippen molar-refractivity contribution in [3.63, 3.8) is 0 Å². The number of carbonyl (C=O) groups excluding carboxylic acids is 1. The molecule has 1 atom stereocenters. The number of hydrogen-bond acceptors (Lipinski definition) is 3. The molecule has 0 bridgehead atoms. The zero-order valence-corrected chi connectivity index (χ0v) is 10.7. The van der Waals surface area contributed by atoms with Gasteiger partial charge < -0.3 is 10.6 Å². The largest absolute Gasteiger partial charge is 0.350 e. The summed E-state index contributed by atoms with van der Waals surface area (Å²) in [6.07, 6.45) is 2.61. The van der Waals surface area contributed by atoms with Gasteiger partial charge >= 0.3 is 0 Å². The fourth-order valence-electron chi connectivity index (χ4n) is 1.61. The van der Waals surface area contributed by atoms with E-state index in [1.54, 1.807) is 0 Å². The predicted octanol–water partition coefficient (Wildman–Crippen LogP) is 1.39. The first-order chi connectivity index (χ1) is 6.97. The van der Waals surface area contributed by atoms with Crippen LogP contribution in [0, 0.1) is 0 Å². The second kappa shape index (κ2) is 5.75. The van der Waals surface area contributed by atoms with E-state index in [0.717, 1.165) is 6.54 Å². The summed E-state index contributed by atoms with van der Waals surface area (Å²) in [6.45, 7) is 7.39. The number of rotatable bonds is 4. The molecule has 1 heterocycles. The Kier molecular flexibility index (Phi) is 4.93. The average molecular weight is 230 g/mol. The molecular formula is C11H22N2OS. The molecule has 2 N–H and O–H groups in total. The molecule has 0 aliphatic carbocycles. The van der Waals surface area contributed by atoms with E-state index in [1.165, 1.54) is 18.6 Å². The van der Waals surface area contributed by atoms with Crippen LogP contribution < -0.4 is 10.6 Å². The third-order valence-corrected chi connectivity index (χ3v) is 3.59. The third-order valence-electron chi connectivity index (χ3n) is 2.20. The molecule has 0 aromatic carbocycles. The van der Waals surface area contributed by atoms with Gasteiger partial charge in [0, 0.05) is 17.3 Å². The average Bonchev–Trinajstić information content (AvgIpc) is 2.53. The smallest absolute Gasteiger partial charge is 0.234 e. The van der Waals surface area contributed by atoms with Gasteiger partial charge in [0.2, 0.25) is 5.91 Å². The van der Waals surface area contributed by atoms with E-state index in [0.29, 0.717) is 11.8 Å². The molecule has 15 heavy (non-hydrogen) atoms. The molecule has 0 aromatic heterocycles. The van der Waals surface area contributed by atoms with Gasteiger partial charge in [0.15, 0.2) is 0 Å². The van der Waals surface area contributed by atoms with Crippen LogP contribution in [0.2, 0.25) is 0 Å². The van der Waals surface area contributed by atoms with Crippen molar-refractivity contribution < 1.29 is 4.79 Å². The number of hydrogen-bond donors (Lipinski definition) is 2. The molecule has 1 aliphatic heterocycles. The van der Waals surface area contributed by atoms with Crippen LogP contribution in [0.15, 0.2) is 0 Å². The standard InChI is InChI=1S/C11H22N2OS/c1-11(2,3)13-10(14)8-12-7-9-5-4-6-15-9/h9,12H,4-8H2,1-3H3,(H,13,14). The molecule has 4 heteroatoms. The minimum atomic E-state index is -0.124. The van der Waals surface area contributed by atoms with Crippen molar-refractivity contribution in [1.29, 1.82) is 0 Å². The van der Waals surface area contributed by atoms with Crippen molar-refractivity contribution >= 4 is 17.7 Å². The summed E-state index contributed by atoms with van der Waals surface area (Å²) in [5.41, 5.74) is -0.124. The van der Waals surface area contributed by atoms with Crippen molar-refractivity contribution in [1.82, 2.24) is 10.6 Å². The normalized spacial score (nSPS) is 21.7. The molecule has 1 unspecified atom stereocenters. The predicted molar refractivity (Wildman–Crippen MR) is 66.2 cm³/mol. The van der Waals surface area contributed by atoms with E-state index in [9.17, 15) is 4.79 Å².